The monoisotopic (exact) mass is 405 g/mol. The van der Waals surface area contributed by atoms with E-state index >= 15 is 0 Å². The van der Waals surface area contributed by atoms with Crippen molar-refractivity contribution in [3.63, 3.8) is 0 Å². The van der Waals surface area contributed by atoms with Crippen molar-refractivity contribution in [2.24, 2.45) is 7.05 Å². The van der Waals surface area contributed by atoms with Gasteiger partial charge < -0.3 is 10.4 Å². The zero-order valence-corrected chi connectivity index (χ0v) is 16.9. The minimum absolute atomic E-state index is 0.137. The number of nitrogens with zero attached hydrogens (tertiary/aromatic N) is 4. The average Bonchev–Trinajstić information content (AvgIpc) is 3.40. The number of piperidine rings is 1. The molecule has 0 unspecified atom stereocenters. The van der Waals surface area contributed by atoms with Gasteiger partial charge in [-0.15, -0.1) is 0 Å². The van der Waals surface area contributed by atoms with E-state index in [1.807, 2.05) is 24.3 Å². The van der Waals surface area contributed by atoms with Gasteiger partial charge in [-0.25, -0.2) is 9.37 Å². The van der Waals surface area contributed by atoms with Crippen LogP contribution in [0, 0.1) is 5.82 Å². The van der Waals surface area contributed by atoms with Gasteiger partial charge in [0.05, 0.1) is 22.9 Å². The van der Waals surface area contributed by atoms with Gasteiger partial charge in [0.2, 0.25) is 0 Å². The van der Waals surface area contributed by atoms with Gasteiger partial charge in [0.1, 0.15) is 5.52 Å². The van der Waals surface area contributed by atoms with Gasteiger partial charge in [-0.05, 0) is 50.4 Å². The van der Waals surface area contributed by atoms with Crippen LogP contribution in [0.15, 0.2) is 42.7 Å². The highest BCUT2D eigenvalue weighted by molar-refractivity contribution is 5.88. The van der Waals surface area contributed by atoms with Crippen LogP contribution in [0.5, 0.6) is 5.75 Å². The number of phenols is 1. The Bertz CT molecular complexity index is 1220. The molecule has 2 aromatic heterocycles. The van der Waals surface area contributed by atoms with E-state index in [0.29, 0.717) is 27.7 Å². The summed E-state index contributed by atoms with van der Waals surface area (Å²) < 4.78 is 15.8. The summed E-state index contributed by atoms with van der Waals surface area (Å²) in [6.45, 7) is 1.28. The predicted octanol–water partition coefficient (Wildman–Crippen LogP) is 4.32. The van der Waals surface area contributed by atoms with E-state index < -0.39 is 11.6 Å². The van der Waals surface area contributed by atoms with Crippen LogP contribution in [0.4, 0.5) is 4.39 Å². The normalized spacial score (nSPS) is 17.1. The lowest BCUT2D eigenvalue weighted by Crippen LogP contribution is -2.35. The van der Waals surface area contributed by atoms with Gasteiger partial charge in [0, 0.05) is 29.7 Å². The second-order valence-electron chi connectivity index (χ2n) is 8.24. The van der Waals surface area contributed by atoms with Gasteiger partial charge in [0.15, 0.2) is 11.6 Å². The first-order valence-corrected chi connectivity index (χ1v) is 10.4. The standard InChI is InChI=1S/C16H11FN4O.C7H13N/c1-21-8-9-6-10(16(22)14(17)15(9)20-21)13-7-18-11-4-2-3-5-12(11)19-13;1-2-6-8-7(3-1)4-5-7/h2-8,22H,1H3;8H,1-6H2. The third kappa shape index (κ3) is 3.50. The van der Waals surface area contributed by atoms with Crippen LogP contribution in [-0.2, 0) is 7.05 Å². The van der Waals surface area contributed by atoms with E-state index in [4.69, 9.17) is 0 Å². The molecule has 1 aliphatic carbocycles. The van der Waals surface area contributed by atoms with Crippen LogP contribution in [0.25, 0.3) is 33.2 Å². The number of nitrogens with one attached hydrogen (secondary N) is 1. The summed E-state index contributed by atoms with van der Waals surface area (Å²) >= 11 is 0. The zero-order chi connectivity index (χ0) is 20.7. The Kier molecular flexibility index (Phi) is 4.62. The molecular formula is C23H24FN5O. The summed E-state index contributed by atoms with van der Waals surface area (Å²) in [7, 11) is 1.70. The lowest BCUT2D eigenvalue weighted by atomic mass is 10.0. The van der Waals surface area contributed by atoms with Gasteiger partial charge in [0.25, 0.3) is 0 Å². The molecule has 2 fully saturated rings. The molecule has 1 saturated carbocycles. The molecule has 2 aliphatic rings. The third-order valence-electron chi connectivity index (χ3n) is 5.99. The van der Waals surface area contributed by atoms with E-state index in [1.165, 1.54) is 49.5 Å². The van der Waals surface area contributed by atoms with Gasteiger partial charge >= 0.3 is 0 Å². The molecule has 0 radical (unpaired) electrons. The SMILES string of the molecule is C1CCC2(CC2)NC1.Cn1cc2cc(-c3cnc4ccccc4n3)c(O)c(F)c2n1. The summed E-state index contributed by atoms with van der Waals surface area (Å²) in [5, 5.41) is 18.3. The third-order valence-corrected chi connectivity index (χ3v) is 5.99. The summed E-state index contributed by atoms with van der Waals surface area (Å²) in [6.07, 6.45) is 10.4. The molecule has 0 bridgehead atoms. The number of aromatic hydroxyl groups is 1. The second kappa shape index (κ2) is 7.32. The molecule has 7 heteroatoms. The highest BCUT2D eigenvalue weighted by Crippen LogP contribution is 2.41. The van der Waals surface area contributed by atoms with E-state index in [9.17, 15) is 9.50 Å². The Morgan fingerprint density at radius 3 is 2.63 bits per heavy atom. The minimum atomic E-state index is -0.747. The minimum Gasteiger partial charge on any atom is -0.504 e. The lowest BCUT2D eigenvalue weighted by Gasteiger charge is -2.22. The van der Waals surface area contributed by atoms with Crippen molar-refractivity contribution in [3.8, 4) is 17.0 Å². The fourth-order valence-corrected chi connectivity index (χ4v) is 4.13. The van der Waals surface area contributed by atoms with Crippen LogP contribution >= 0.6 is 0 Å². The number of rotatable bonds is 1. The summed E-state index contributed by atoms with van der Waals surface area (Å²) in [6, 6.07) is 9.05. The molecule has 0 atom stereocenters. The molecule has 2 N–H and O–H groups in total. The highest BCUT2D eigenvalue weighted by Gasteiger charge is 2.42. The molecule has 2 aromatic carbocycles. The number of para-hydroxylation sites is 2. The van der Waals surface area contributed by atoms with E-state index in [0.717, 1.165) is 5.52 Å². The molecule has 154 valence electrons. The first-order chi connectivity index (χ1) is 14.5. The first kappa shape index (κ1) is 18.9. The number of fused-ring (bicyclic) bond motifs is 2. The smallest absolute Gasteiger partial charge is 0.193 e. The molecular weight excluding hydrogens is 381 g/mol. The number of hydrogen-bond acceptors (Lipinski definition) is 5. The van der Waals surface area contributed by atoms with Crippen molar-refractivity contribution in [1.82, 2.24) is 25.1 Å². The number of phenolic OH excluding ortho intramolecular Hbond substituents is 1. The van der Waals surface area contributed by atoms with Crippen molar-refractivity contribution in [2.75, 3.05) is 6.54 Å². The second-order valence-corrected chi connectivity index (χ2v) is 8.24. The summed E-state index contributed by atoms with van der Waals surface area (Å²) in [5.41, 5.74) is 2.97. The van der Waals surface area contributed by atoms with Gasteiger partial charge in [-0.2, -0.15) is 5.10 Å². The molecule has 30 heavy (non-hydrogen) atoms. The Balaban J connectivity index is 0.000000200. The quantitative estimate of drug-likeness (QED) is 0.493. The van der Waals surface area contributed by atoms with Crippen molar-refractivity contribution in [2.45, 2.75) is 37.6 Å². The lowest BCUT2D eigenvalue weighted by molar-refractivity contribution is 0.385. The maximum absolute atomic E-state index is 14.3. The largest absolute Gasteiger partial charge is 0.504 e. The topological polar surface area (TPSA) is 75.9 Å². The van der Waals surface area contributed by atoms with Crippen molar-refractivity contribution in [3.05, 3.63) is 48.5 Å². The van der Waals surface area contributed by atoms with Gasteiger partial charge in [-0.1, -0.05) is 18.6 Å². The Labute approximate surface area is 173 Å². The molecule has 0 amide bonds. The number of halogens is 1. The van der Waals surface area contributed by atoms with Crippen LogP contribution in [0.3, 0.4) is 0 Å². The maximum atomic E-state index is 14.3. The van der Waals surface area contributed by atoms with Crippen LogP contribution in [0.1, 0.15) is 32.1 Å². The fraction of sp³-hybridized carbons (Fsp3) is 0.348. The average molecular weight is 405 g/mol. The Hall–Kier alpha value is -3.06. The first-order valence-electron chi connectivity index (χ1n) is 10.4. The van der Waals surface area contributed by atoms with Crippen LogP contribution in [0.2, 0.25) is 0 Å². The van der Waals surface area contributed by atoms with Crippen molar-refractivity contribution >= 4 is 21.9 Å². The maximum Gasteiger partial charge on any atom is 0.193 e. The van der Waals surface area contributed by atoms with Crippen LogP contribution < -0.4 is 5.32 Å². The number of aromatic nitrogens is 4. The fourth-order valence-electron chi connectivity index (χ4n) is 4.13. The zero-order valence-electron chi connectivity index (χ0n) is 16.9. The molecule has 3 heterocycles. The molecule has 1 aliphatic heterocycles. The molecule has 1 saturated heterocycles. The Morgan fingerprint density at radius 1 is 1.13 bits per heavy atom. The molecule has 6 rings (SSSR count). The van der Waals surface area contributed by atoms with Crippen molar-refractivity contribution < 1.29 is 9.50 Å². The summed E-state index contributed by atoms with van der Waals surface area (Å²) in [5.74, 6) is -1.21. The highest BCUT2D eigenvalue weighted by atomic mass is 19.1. The van der Waals surface area contributed by atoms with Crippen molar-refractivity contribution in [1.29, 1.82) is 0 Å². The van der Waals surface area contributed by atoms with E-state index in [-0.39, 0.29) is 5.52 Å². The Morgan fingerprint density at radius 2 is 1.93 bits per heavy atom. The van der Waals surface area contributed by atoms with Gasteiger partial charge in [-0.3, -0.25) is 9.67 Å². The predicted molar refractivity (Wildman–Crippen MR) is 115 cm³/mol. The van der Waals surface area contributed by atoms with E-state index in [1.54, 1.807) is 19.3 Å². The van der Waals surface area contributed by atoms with E-state index in [2.05, 4.69) is 20.4 Å². The molecule has 4 aromatic rings. The number of hydrogen-bond donors (Lipinski definition) is 2. The van der Waals surface area contributed by atoms with Crippen LogP contribution in [-0.4, -0.2) is 36.9 Å². The molecule has 1 spiro atoms. The number of benzene rings is 2. The number of aryl methyl sites for hydroxylation is 1. The summed E-state index contributed by atoms with van der Waals surface area (Å²) in [4.78, 5) is 8.74. The molecule has 6 nitrogen and oxygen atoms in total.